The van der Waals surface area contributed by atoms with Crippen LogP contribution in [0.5, 0.6) is 5.88 Å². The summed E-state index contributed by atoms with van der Waals surface area (Å²) in [5.74, 6) is 0.938. The number of fused-ring (bicyclic) bond motifs is 1. The number of nitrogens with zero attached hydrogens (tertiary/aromatic N) is 2. The Morgan fingerprint density at radius 2 is 2.42 bits per heavy atom. The van der Waals surface area contributed by atoms with Gasteiger partial charge in [0.1, 0.15) is 0 Å². The molecule has 64 valence electrons. The monoisotopic (exact) mass is 164 g/mol. The predicted octanol–water partition coefficient (Wildman–Crippen LogP) is 1.45. The van der Waals surface area contributed by atoms with Crippen LogP contribution in [-0.2, 0) is 6.54 Å². The Morgan fingerprint density at radius 1 is 1.50 bits per heavy atom. The van der Waals surface area contributed by atoms with Crippen LogP contribution < -0.4 is 4.74 Å². The smallest absolute Gasteiger partial charge is 0.211 e. The van der Waals surface area contributed by atoms with Gasteiger partial charge in [-0.25, -0.2) is 4.68 Å². The van der Waals surface area contributed by atoms with Gasteiger partial charge in [0, 0.05) is 11.5 Å². The lowest BCUT2D eigenvalue weighted by molar-refractivity contribution is 0.00190. The molecule has 0 atom stereocenters. The molecule has 0 saturated heterocycles. The van der Waals surface area contributed by atoms with Gasteiger partial charge in [0.05, 0.1) is 19.3 Å². The standard InChI is InChI=1S/C9H12N2O/c1-3-9(4-1)6-11-8(12-7-9)2-5-10-11/h2,5H,1,3-4,6-7H2. The van der Waals surface area contributed by atoms with Gasteiger partial charge in [-0.15, -0.1) is 0 Å². The van der Waals surface area contributed by atoms with Crippen molar-refractivity contribution in [1.82, 2.24) is 9.78 Å². The van der Waals surface area contributed by atoms with Crippen LogP contribution in [-0.4, -0.2) is 16.4 Å². The molecule has 0 aromatic carbocycles. The minimum absolute atomic E-state index is 0.443. The Morgan fingerprint density at radius 3 is 3.17 bits per heavy atom. The van der Waals surface area contributed by atoms with E-state index < -0.39 is 0 Å². The zero-order chi connectivity index (χ0) is 8.02. The van der Waals surface area contributed by atoms with Gasteiger partial charge >= 0.3 is 0 Å². The van der Waals surface area contributed by atoms with Crippen LogP contribution in [0.2, 0.25) is 0 Å². The highest BCUT2D eigenvalue weighted by atomic mass is 16.5. The molecule has 0 radical (unpaired) electrons. The normalized spacial score (nSPS) is 24.3. The lowest BCUT2D eigenvalue weighted by Gasteiger charge is -2.43. The first-order valence-electron chi connectivity index (χ1n) is 4.53. The molecule has 0 bridgehead atoms. The molecule has 1 aromatic rings. The van der Waals surface area contributed by atoms with Crippen LogP contribution in [0.25, 0.3) is 0 Å². The number of ether oxygens (including phenoxy) is 1. The highest BCUT2D eigenvalue weighted by Gasteiger charge is 2.41. The molecule has 12 heavy (non-hydrogen) atoms. The highest BCUT2D eigenvalue weighted by molar-refractivity contribution is 5.11. The Hall–Kier alpha value is -0.990. The first-order chi connectivity index (χ1) is 5.88. The van der Waals surface area contributed by atoms with Crippen molar-refractivity contribution in [3.8, 4) is 5.88 Å². The molecule has 1 aromatic heterocycles. The van der Waals surface area contributed by atoms with Crippen LogP contribution in [0.3, 0.4) is 0 Å². The SMILES string of the molecule is c1cc2n(n1)CC1(CCC1)CO2. The summed E-state index contributed by atoms with van der Waals surface area (Å²) in [6, 6.07) is 1.94. The van der Waals surface area contributed by atoms with Crippen molar-refractivity contribution in [2.24, 2.45) is 5.41 Å². The maximum Gasteiger partial charge on any atom is 0.211 e. The molecular weight excluding hydrogens is 152 g/mol. The molecule has 3 heteroatoms. The maximum absolute atomic E-state index is 5.62. The fraction of sp³-hybridized carbons (Fsp3) is 0.667. The average Bonchev–Trinajstić information content (AvgIpc) is 2.46. The van der Waals surface area contributed by atoms with E-state index in [-0.39, 0.29) is 0 Å². The van der Waals surface area contributed by atoms with Crippen LogP contribution in [0, 0.1) is 5.41 Å². The second-order valence-electron chi connectivity index (χ2n) is 3.97. The Balaban J connectivity index is 1.93. The third-order valence-corrected chi connectivity index (χ3v) is 3.10. The highest BCUT2D eigenvalue weighted by Crippen LogP contribution is 2.45. The van der Waals surface area contributed by atoms with Crippen molar-refractivity contribution in [3.63, 3.8) is 0 Å². The summed E-state index contributed by atoms with van der Waals surface area (Å²) >= 11 is 0. The van der Waals surface area contributed by atoms with E-state index in [1.165, 1.54) is 19.3 Å². The van der Waals surface area contributed by atoms with Crippen LogP contribution in [0.1, 0.15) is 19.3 Å². The first kappa shape index (κ1) is 6.52. The van der Waals surface area contributed by atoms with Crippen molar-refractivity contribution in [2.75, 3.05) is 6.61 Å². The zero-order valence-corrected chi connectivity index (χ0v) is 6.99. The van der Waals surface area contributed by atoms with E-state index in [0.29, 0.717) is 5.41 Å². The topological polar surface area (TPSA) is 27.1 Å². The van der Waals surface area contributed by atoms with E-state index in [4.69, 9.17) is 4.74 Å². The van der Waals surface area contributed by atoms with Gasteiger partial charge in [-0.1, -0.05) is 6.42 Å². The van der Waals surface area contributed by atoms with E-state index in [1.54, 1.807) is 0 Å². The van der Waals surface area contributed by atoms with Gasteiger partial charge in [-0.3, -0.25) is 0 Å². The molecule has 2 heterocycles. The molecule has 1 aliphatic heterocycles. The molecule has 3 nitrogen and oxygen atoms in total. The number of aromatic nitrogens is 2. The zero-order valence-electron chi connectivity index (χ0n) is 6.99. The maximum atomic E-state index is 5.62. The van der Waals surface area contributed by atoms with Crippen LogP contribution >= 0.6 is 0 Å². The summed E-state index contributed by atoms with van der Waals surface area (Å²) in [5, 5.41) is 4.23. The molecular formula is C9H12N2O. The number of hydrogen-bond acceptors (Lipinski definition) is 2. The van der Waals surface area contributed by atoms with Crippen molar-refractivity contribution in [3.05, 3.63) is 12.3 Å². The van der Waals surface area contributed by atoms with E-state index in [9.17, 15) is 0 Å². The quantitative estimate of drug-likeness (QED) is 0.580. The van der Waals surface area contributed by atoms with Crippen molar-refractivity contribution < 1.29 is 4.74 Å². The van der Waals surface area contributed by atoms with Crippen molar-refractivity contribution in [1.29, 1.82) is 0 Å². The van der Waals surface area contributed by atoms with Crippen LogP contribution in [0.4, 0.5) is 0 Å². The average molecular weight is 164 g/mol. The minimum Gasteiger partial charge on any atom is -0.477 e. The second kappa shape index (κ2) is 2.03. The Labute approximate surface area is 71.3 Å². The van der Waals surface area contributed by atoms with E-state index in [2.05, 4.69) is 5.10 Å². The minimum atomic E-state index is 0.443. The van der Waals surface area contributed by atoms with E-state index >= 15 is 0 Å². The summed E-state index contributed by atoms with van der Waals surface area (Å²) in [6.45, 7) is 1.97. The third kappa shape index (κ3) is 0.737. The van der Waals surface area contributed by atoms with Gasteiger partial charge in [-0.2, -0.15) is 5.10 Å². The molecule has 0 unspecified atom stereocenters. The summed E-state index contributed by atoms with van der Waals surface area (Å²) in [7, 11) is 0. The molecule has 3 rings (SSSR count). The van der Waals surface area contributed by atoms with E-state index in [1.807, 2.05) is 16.9 Å². The second-order valence-corrected chi connectivity index (χ2v) is 3.97. The predicted molar refractivity (Wildman–Crippen MR) is 44.0 cm³/mol. The summed E-state index contributed by atoms with van der Waals surface area (Å²) < 4.78 is 7.61. The summed E-state index contributed by atoms with van der Waals surface area (Å²) in [6.07, 6.45) is 5.80. The molecule has 1 saturated carbocycles. The fourth-order valence-corrected chi connectivity index (χ4v) is 2.13. The Kier molecular flexibility index (Phi) is 1.10. The number of hydrogen-bond donors (Lipinski definition) is 0. The van der Waals surface area contributed by atoms with Gasteiger partial charge in [0.15, 0.2) is 0 Å². The first-order valence-corrected chi connectivity index (χ1v) is 4.53. The van der Waals surface area contributed by atoms with Gasteiger partial charge in [0.2, 0.25) is 5.88 Å². The molecule has 0 amide bonds. The summed E-state index contributed by atoms with van der Waals surface area (Å²) in [5.41, 5.74) is 0.443. The van der Waals surface area contributed by atoms with E-state index in [0.717, 1.165) is 19.0 Å². The van der Waals surface area contributed by atoms with Crippen molar-refractivity contribution in [2.45, 2.75) is 25.8 Å². The molecule has 1 fully saturated rings. The third-order valence-electron chi connectivity index (χ3n) is 3.10. The van der Waals surface area contributed by atoms with Gasteiger partial charge < -0.3 is 4.74 Å². The molecule has 2 aliphatic rings. The number of rotatable bonds is 0. The lowest BCUT2D eigenvalue weighted by Crippen LogP contribution is -2.43. The van der Waals surface area contributed by atoms with Gasteiger partial charge in [0.25, 0.3) is 0 Å². The molecule has 0 N–H and O–H groups in total. The van der Waals surface area contributed by atoms with Crippen molar-refractivity contribution >= 4 is 0 Å². The van der Waals surface area contributed by atoms with Gasteiger partial charge in [-0.05, 0) is 12.8 Å². The lowest BCUT2D eigenvalue weighted by atomic mass is 9.69. The van der Waals surface area contributed by atoms with Crippen LogP contribution in [0.15, 0.2) is 12.3 Å². The summed E-state index contributed by atoms with van der Waals surface area (Å²) in [4.78, 5) is 0. The Bertz CT molecular complexity index is 301. The fourth-order valence-electron chi connectivity index (χ4n) is 2.13. The molecule has 1 spiro atoms. The molecule has 1 aliphatic carbocycles. The largest absolute Gasteiger partial charge is 0.477 e.